The van der Waals surface area contributed by atoms with E-state index in [9.17, 15) is 0 Å². The Bertz CT molecular complexity index is 337. The summed E-state index contributed by atoms with van der Waals surface area (Å²) in [6.07, 6.45) is 2.33. The van der Waals surface area contributed by atoms with E-state index in [1.165, 1.54) is 5.56 Å². The Labute approximate surface area is 106 Å². The first-order valence-electron chi connectivity index (χ1n) is 5.56. The van der Waals surface area contributed by atoms with Gasteiger partial charge in [0.25, 0.3) is 0 Å². The highest BCUT2D eigenvalue weighted by Crippen LogP contribution is 2.21. The molecule has 0 radical (unpaired) electrons. The smallest absolute Gasteiger partial charge is 0.108 e. The molecular weight excluding hydrogens is 264 g/mol. The summed E-state index contributed by atoms with van der Waals surface area (Å²) in [6.45, 7) is 2.68. The van der Waals surface area contributed by atoms with E-state index in [4.69, 9.17) is 4.74 Å². The van der Waals surface area contributed by atoms with Crippen molar-refractivity contribution < 1.29 is 4.74 Å². The molecule has 1 aromatic rings. The van der Waals surface area contributed by atoms with Crippen molar-refractivity contribution in [3.63, 3.8) is 0 Å². The van der Waals surface area contributed by atoms with E-state index in [0.29, 0.717) is 11.9 Å². The largest absolute Gasteiger partial charge is 0.361 e. The van der Waals surface area contributed by atoms with Crippen LogP contribution < -0.4 is 0 Å². The van der Waals surface area contributed by atoms with Gasteiger partial charge in [-0.1, -0.05) is 71.4 Å². The summed E-state index contributed by atoms with van der Waals surface area (Å²) in [6, 6.07) is 10.3. The molecule has 0 aliphatic carbocycles. The first-order chi connectivity index (χ1) is 7.88. The van der Waals surface area contributed by atoms with Gasteiger partial charge in [-0.05, 0) is 12.0 Å². The maximum atomic E-state index is 5.78. The molecule has 0 aliphatic heterocycles. The van der Waals surface area contributed by atoms with Crippen LogP contribution in [-0.2, 0) is 4.74 Å². The van der Waals surface area contributed by atoms with Gasteiger partial charge in [0.1, 0.15) is 6.61 Å². The van der Waals surface area contributed by atoms with E-state index in [2.05, 4.69) is 46.8 Å². The van der Waals surface area contributed by atoms with Crippen LogP contribution in [0.25, 0.3) is 0 Å². The van der Waals surface area contributed by atoms with Crippen LogP contribution >= 0.6 is 15.9 Å². The first-order valence-corrected chi connectivity index (χ1v) is 6.68. The van der Waals surface area contributed by atoms with E-state index in [1.54, 1.807) is 0 Å². The Morgan fingerprint density at radius 3 is 2.62 bits per heavy atom. The third-order valence-corrected chi connectivity index (χ3v) is 2.55. The average molecular weight is 281 g/mol. The summed E-state index contributed by atoms with van der Waals surface area (Å²) in [7, 11) is 0. The fourth-order valence-corrected chi connectivity index (χ4v) is 1.71. The molecule has 0 heterocycles. The Morgan fingerprint density at radius 1 is 1.25 bits per heavy atom. The first kappa shape index (κ1) is 13.3. The minimum absolute atomic E-state index is 0.177. The van der Waals surface area contributed by atoms with Crippen LogP contribution in [0.2, 0.25) is 0 Å². The maximum Gasteiger partial charge on any atom is 0.108 e. The van der Waals surface area contributed by atoms with Crippen molar-refractivity contribution in [2.24, 2.45) is 0 Å². The average Bonchev–Trinajstić information content (AvgIpc) is 2.34. The predicted octanol–water partition coefficient (Wildman–Crippen LogP) is 3.94. The van der Waals surface area contributed by atoms with Gasteiger partial charge in [-0.15, -0.1) is 0 Å². The number of halogens is 1. The highest BCUT2D eigenvalue weighted by Gasteiger charge is 2.09. The second-order valence-electron chi connectivity index (χ2n) is 3.49. The molecule has 0 saturated carbocycles. The van der Waals surface area contributed by atoms with Crippen LogP contribution in [0, 0.1) is 11.8 Å². The van der Waals surface area contributed by atoms with Gasteiger partial charge in [0.05, 0.1) is 11.4 Å². The molecular formula is C14H17BrO. The topological polar surface area (TPSA) is 9.23 Å². The molecule has 0 fully saturated rings. The molecule has 1 unspecified atom stereocenters. The van der Waals surface area contributed by atoms with Crippen LogP contribution in [0.1, 0.15) is 31.4 Å². The molecule has 1 aromatic carbocycles. The van der Waals surface area contributed by atoms with Gasteiger partial charge >= 0.3 is 0 Å². The van der Waals surface area contributed by atoms with E-state index >= 15 is 0 Å². The van der Waals surface area contributed by atoms with E-state index in [0.717, 1.165) is 12.8 Å². The molecule has 1 atom stereocenters. The van der Waals surface area contributed by atoms with Crippen LogP contribution in [0.4, 0.5) is 0 Å². The van der Waals surface area contributed by atoms with E-state index < -0.39 is 0 Å². The summed E-state index contributed by atoms with van der Waals surface area (Å²) in [5.41, 5.74) is 1.24. The maximum absolute atomic E-state index is 5.78. The molecule has 0 aliphatic rings. The second-order valence-corrected chi connectivity index (χ2v) is 4.05. The standard InChI is InChI=1S/C14H17BrO/c1-2-8-14(16-12-7-6-11-15)13-9-4-3-5-10-13/h3-5,9-10,14H,2,8,11-12H2,1H3. The minimum Gasteiger partial charge on any atom is -0.361 e. The van der Waals surface area contributed by atoms with Crippen molar-refractivity contribution in [3.8, 4) is 11.8 Å². The summed E-state index contributed by atoms with van der Waals surface area (Å²) in [5, 5.41) is 0.708. The fraction of sp³-hybridized carbons (Fsp3) is 0.429. The van der Waals surface area contributed by atoms with Crippen molar-refractivity contribution in [3.05, 3.63) is 35.9 Å². The molecule has 86 valence electrons. The molecule has 1 rings (SSSR count). The number of ether oxygens (including phenoxy) is 1. The Balaban J connectivity index is 2.54. The van der Waals surface area contributed by atoms with Crippen molar-refractivity contribution in [2.45, 2.75) is 25.9 Å². The zero-order chi connectivity index (χ0) is 11.6. The summed E-state index contributed by atoms with van der Waals surface area (Å²) in [4.78, 5) is 0. The lowest BCUT2D eigenvalue weighted by molar-refractivity contribution is 0.0705. The molecule has 1 nitrogen and oxygen atoms in total. The Morgan fingerprint density at radius 2 is 2.00 bits per heavy atom. The van der Waals surface area contributed by atoms with Gasteiger partial charge < -0.3 is 4.74 Å². The zero-order valence-electron chi connectivity index (χ0n) is 9.58. The molecule has 0 bridgehead atoms. The van der Waals surface area contributed by atoms with Gasteiger partial charge in [0.2, 0.25) is 0 Å². The highest BCUT2D eigenvalue weighted by molar-refractivity contribution is 9.09. The van der Waals surface area contributed by atoms with Gasteiger partial charge in [-0.25, -0.2) is 0 Å². The van der Waals surface area contributed by atoms with Gasteiger partial charge in [-0.2, -0.15) is 0 Å². The van der Waals surface area contributed by atoms with Crippen LogP contribution in [0.3, 0.4) is 0 Å². The predicted molar refractivity (Wildman–Crippen MR) is 71.6 cm³/mol. The third kappa shape index (κ3) is 4.83. The van der Waals surface area contributed by atoms with Crippen molar-refractivity contribution >= 4 is 15.9 Å². The normalized spacial score (nSPS) is 11.6. The number of hydrogen-bond acceptors (Lipinski definition) is 1. The van der Waals surface area contributed by atoms with Crippen molar-refractivity contribution in [2.75, 3.05) is 11.9 Å². The highest BCUT2D eigenvalue weighted by atomic mass is 79.9. The number of alkyl halides is 1. The van der Waals surface area contributed by atoms with Crippen LogP contribution in [-0.4, -0.2) is 11.9 Å². The summed E-state index contributed by atoms with van der Waals surface area (Å²) in [5.74, 6) is 5.91. The zero-order valence-corrected chi connectivity index (χ0v) is 11.2. The van der Waals surface area contributed by atoms with Crippen molar-refractivity contribution in [1.29, 1.82) is 0 Å². The summed E-state index contributed by atoms with van der Waals surface area (Å²) >= 11 is 3.26. The second kappa shape index (κ2) is 8.38. The lowest BCUT2D eigenvalue weighted by Crippen LogP contribution is -2.04. The molecule has 0 amide bonds. The Kier molecular flexibility index (Phi) is 6.96. The molecule has 0 spiro atoms. The molecule has 16 heavy (non-hydrogen) atoms. The molecule has 0 saturated heterocycles. The number of rotatable bonds is 5. The van der Waals surface area contributed by atoms with E-state index in [-0.39, 0.29) is 6.10 Å². The number of hydrogen-bond donors (Lipinski definition) is 0. The number of benzene rings is 1. The third-order valence-electron chi connectivity index (χ3n) is 2.27. The van der Waals surface area contributed by atoms with Crippen LogP contribution in [0.5, 0.6) is 0 Å². The van der Waals surface area contributed by atoms with E-state index in [1.807, 2.05) is 18.2 Å². The van der Waals surface area contributed by atoms with Gasteiger partial charge in [-0.3, -0.25) is 0 Å². The lowest BCUT2D eigenvalue weighted by Gasteiger charge is -2.15. The summed E-state index contributed by atoms with van der Waals surface area (Å²) < 4.78 is 5.78. The van der Waals surface area contributed by atoms with Gasteiger partial charge in [0, 0.05) is 0 Å². The minimum atomic E-state index is 0.177. The quantitative estimate of drug-likeness (QED) is 0.586. The van der Waals surface area contributed by atoms with Gasteiger partial charge in [0.15, 0.2) is 0 Å². The Hall–Kier alpha value is -0.780. The lowest BCUT2D eigenvalue weighted by atomic mass is 10.1. The SMILES string of the molecule is CCCC(OCC#CCBr)c1ccccc1. The van der Waals surface area contributed by atoms with Crippen LogP contribution in [0.15, 0.2) is 30.3 Å². The fourth-order valence-electron chi connectivity index (χ4n) is 1.52. The molecule has 0 aromatic heterocycles. The monoisotopic (exact) mass is 280 g/mol. The van der Waals surface area contributed by atoms with Crippen molar-refractivity contribution in [1.82, 2.24) is 0 Å². The molecule has 0 N–H and O–H groups in total. The molecule has 2 heteroatoms.